The number of aliphatic hydroxyl groups is 1. The van der Waals surface area contributed by atoms with Crippen molar-refractivity contribution < 1.29 is 29.0 Å². The van der Waals surface area contributed by atoms with E-state index < -0.39 is 30.0 Å². The third kappa shape index (κ3) is 5.78. The Morgan fingerprint density at radius 1 is 0.970 bits per heavy atom. The van der Waals surface area contributed by atoms with Crippen LogP contribution in [-0.2, 0) is 25.7 Å². The Bertz CT molecular complexity index is 918. The Kier molecular flexibility index (Phi) is 8.57. The van der Waals surface area contributed by atoms with Gasteiger partial charge in [0.05, 0.1) is 13.2 Å². The molecule has 0 bridgehead atoms. The maximum atomic E-state index is 13.5. The topological polar surface area (TPSA) is 88.5 Å². The highest BCUT2D eigenvalue weighted by Gasteiger charge is 2.50. The molecule has 8 heteroatoms. The lowest BCUT2D eigenvalue weighted by Gasteiger charge is -2.45. The van der Waals surface area contributed by atoms with E-state index in [0.29, 0.717) is 24.3 Å². The van der Waals surface area contributed by atoms with Crippen molar-refractivity contribution in [2.45, 2.75) is 45.0 Å². The van der Waals surface area contributed by atoms with E-state index in [0.717, 1.165) is 10.6 Å². The smallest absolute Gasteiger partial charge is 0.274 e. The maximum absolute atomic E-state index is 13.5. The summed E-state index contributed by atoms with van der Waals surface area (Å²) in [5.41, 5.74) is 1.47. The van der Waals surface area contributed by atoms with Gasteiger partial charge in [0.2, 0.25) is 0 Å². The Labute approximate surface area is 194 Å². The first-order chi connectivity index (χ1) is 15.9. The molecule has 3 rings (SSSR count). The predicted octanol–water partition coefficient (Wildman–Crippen LogP) is 2.92. The zero-order chi connectivity index (χ0) is 24.0. The molecule has 2 aromatic carbocycles. The van der Waals surface area contributed by atoms with Crippen LogP contribution in [0.3, 0.4) is 0 Å². The van der Waals surface area contributed by atoms with Crippen molar-refractivity contribution in [2.75, 3.05) is 21.0 Å². The quantitative estimate of drug-likeness (QED) is 0.434. The normalized spacial score (nSPS) is 20.4. The molecule has 8 nitrogen and oxygen atoms in total. The van der Waals surface area contributed by atoms with Gasteiger partial charge in [-0.05, 0) is 35.6 Å². The first-order valence-corrected chi connectivity index (χ1v) is 11.0. The summed E-state index contributed by atoms with van der Waals surface area (Å²) in [6, 6.07) is 14.8. The van der Waals surface area contributed by atoms with Crippen molar-refractivity contribution in [3.63, 3.8) is 0 Å². The molecule has 0 aliphatic carbocycles. The summed E-state index contributed by atoms with van der Waals surface area (Å²) in [6.07, 6.45) is -0.694. The fraction of sp³-hybridized carbons (Fsp3) is 0.440. The molecule has 2 aromatic rings. The molecule has 1 N–H and O–H groups in total. The highest BCUT2D eigenvalue weighted by Crippen LogP contribution is 2.33. The highest BCUT2D eigenvalue weighted by molar-refractivity contribution is 6.02. The molecule has 1 aliphatic heterocycles. The lowest BCUT2D eigenvalue weighted by Crippen LogP contribution is -2.66. The Hall–Kier alpha value is -2.78. The van der Waals surface area contributed by atoms with E-state index in [4.69, 9.17) is 14.3 Å². The number of rotatable bonds is 10. The minimum absolute atomic E-state index is 0.175. The number of benzene rings is 2. The molecule has 3 atom stereocenters. The van der Waals surface area contributed by atoms with E-state index in [1.807, 2.05) is 44.2 Å². The molecule has 2 amide bonds. The fourth-order valence-electron chi connectivity index (χ4n) is 4.06. The lowest BCUT2D eigenvalue weighted by atomic mass is 9.91. The number of methoxy groups -OCH3 is 2. The summed E-state index contributed by atoms with van der Waals surface area (Å²) in [7, 11) is 2.97. The first-order valence-electron chi connectivity index (χ1n) is 11.0. The van der Waals surface area contributed by atoms with Crippen LogP contribution in [0.15, 0.2) is 54.6 Å². The molecule has 33 heavy (non-hydrogen) atoms. The van der Waals surface area contributed by atoms with E-state index in [-0.39, 0.29) is 12.7 Å². The van der Waals surface area contributed by atoms with Gasteiger partial charge in [-0.3, -0.25) is 14.5 Å². The molecule has 0 radical (unpaired) electrons. The molecule has 178 valence electrons. The van der Waals surface area contributed by atoms with Crippen LogP contribution in [0, 0.1) is 5.92 Å². The predicted molar refractivity (Wildman–Crippen MR) is 122 cm³/mol. The largest absolute Gasteiger partial charge is 0.497 e. The van der Waals surface area contributed by atoms with Crippen molar-refractivity contribution in [1.82, 2.24) is 9.96 Å². The van der Waals surface area contributed by atoms with E-state index in [2.05, 4.69) is 0 Å². The summed E-state index contributed by atoms with van der Waals surface area (Å²) in [6.45, 7) is 4.10. The Balaban J connectivity index is 2.04. The summed E-state index contributed by atoms with van der Waals surface area (Å²) in [5, 5.41) is 12.1. The van der Waals surface area contributed by atoms with E-state index >= 15 is 0 Å². The summed E-state index contributed by atoms with van der Waals surface area (Å²) in [4.78, 5) is 34.0. The van der Waals surface area contributed by atoms with Gasteiger partial charge in [-0.15, -0.1) is 5.06 Å². The minimum Gasteiger partial charge on any atom is -0.497 e. The average Bonchev–Trinajstić information content (AvgIpc) is 2.82. The number of nitrogens with zero attached hydrogens (tertiary/aromatic N) is 2. The first kappa shape index (κ1) is 24.9. The van der Waals surface area contributed by atoms with Crippen molar-refractivity contribution in [3.8, 4) is 5.75 Å². The van der Waals surface area contributed by atoms with E-state index in [1.54, 1.807) is 36.3 Å². The zero-order valence-electron chi connectivity index (χ0n) is 19.5. The van der Waals surface area contributed by atoms with Gasteiger partial charge < -0.3 is 14.6 Å². The van der Waals surface area contributed by atoms with Gasteiger partial charge >= 0.3 is 0 Å². The van der Waals surface area contributed by atoms with Crippen molar-refractivity contribution >= 4 is 11.8 Å². The molecule has 1 saturated heterocycles. The Morgan fingerprint density at radius 2 is 1.64 bits per heavy atom. The van der Waals surface area contributed by atoms with E-state index in [9.17, 15) is 14.7 Å². The number of amides is 2. The molecule has 1 heterocycles. The molecule has 0 saturated carbocycles. The number of hydrogen-bond donors (Lipinski definition) is 1. The number of carbonyl (C=O) groups is 2. The molecular formula is C25H32N2O6. The lowest BCUT2D eigenvalue weighted by molar-refractivity contribution is -0.238. The van der Waals surface area contributed by atoms with Gasteiger partial charge in [0.25, 0.3) is 11.8 Å². The number of hydrogen-bond acceptors (Lipinski definition) is 7. The van der Waals surface area contributed by atoms with Crippen LogP contribution in [0.2, 0.25) is 0 Å². The van der Waals surface area contributed by atoms with Gasteiger partial charge in [0, 0.05) is 13.7 Å². The monoisotopic (exact) mass is 456 g/mol. The zero-order valence-corrected chi connectivity index (χ0v) is 19.5. The number of carbonyl (C=O) groups excluding carboxylic acids is 2. The SMILES string of the molecule is COCON1C(=O)[C@H]([C@H](O)c2ccc(OC)cc2)N(Cc2ccccc2)[C@@H](CC(C)C)C1=O. The highest BCUT2D eigenvalue weighted by atomic mass is 16.8. The van der Waals surface area contributed by atoms with Gasteiger partial charge in [0.15, 0.2) is 6.79 Å². The van der Waals surface area contributed by atoms with Crippen LogP contribution >= 0.6 is 0 Å². The molecule has 0 unspecified atom stereocenters. The van der Waals surface area contributed by atoms with Crippen LogP contribution in [0.4, 0.5) is 0 Å². The van der Waals surface area contributed by atoms with Crippen LogP contribution in [0.25, 0.3) is 0 Å². The Morgan fingerprint density at radius 3 is 2.21 bits per heavy atom. The average molecular weight is 457 g/mol. The van der Waals surface area contributed by atoms with Crippen molar-refractivity contribution in [2.24, 2.45) is 5.92 Å². The molecule has 0 aromatic heterocycles. The second-order valence-electron chi connectivity index (χ2n) is 8.47. The van der Waals surface area contributed by atoms with E-state index in [1.165, 1.54) is 7.11 Å². The van der Waals surface area contributed by atoms with Crippen LogP contribution in [0.1, 0.15) is 37.5 Å². The second-order valence-corrected chi connectivity index (χ2v) is 8.47. The third-order valence-corrected chi connectivity index (χ3v) is 5.65. The van der Waals surface area contributed by atoms with Crippen molar-refractivity contribution in [1.29, 1.82) is 0 Å². The van der Waals surface area contributed by atoms with Gasteiger partial charge in [0.1, 0.15) is 17.9 Å². The van der Waals surface area contributed by atoms with Crippen LogP contribution in [0.5, 0.6) is 5.75 Å². The number of piperazine rings is 1. The van der Waals surface area contributed by atoms with Crippen LogP contribution in [-0.4, -0.2) is 60.0 Å². The van der Waals surface area contributed by atoms with Crippen LogP contribution < -0.4 is 4.74 Å². The van der Waals surface area contributed by atoms with Gasteiger partial charge in [-0.25, -0.2) is 4.84 Å². The van der Waals surface area contributed by atoms with Gasteiger partial charge in [-0.1, -0.05) is 56.3 Å². The summed E-state index contributed by atoms with van der Waals surface area (Å²) < 4.78 is 10.1. The maximum Gasteiger partial charge on any atom is 0.274 e. The summed E-state index contributed by atoms with van der Waals surface area (Å²) >= 11 is 0. The fourth-order valence-corrected chi connectivity index (χ4v) is 4.06. The number of ether oxygens (including phenoxy) is 2. The number of imide groups is 1. The number of hydroxylamine groups is 2. The molecular weight excluding hydrogens is 424 g/mol. The standard InChI is InChI=1S/C25H32N2O6/c1-17(2)14-21-24(29)27(33-16-31-3)25(30)22(26(21)15-18-8-6-5-7-9-18)23(28)19-10-12-20(32-4)13-11-19/h5-13,17,21-23,28H,14-16H2,1-4H3/t21-,22-,23+/m0/s1. The van der Waals surface area contributed by atoms with Gasteiger partial charge in [-0.2, -0.15) is 0 Å². The summed E-state index contributed by atoms with van der Waals surface area (Å²) in [5.74, 6) is -0.273. The molecule has 1 fully saturated rings. The molecule has 0 spiro atoms. The number of aliphatic hydroxyl groups excluding tert-OH is 1. The second kappa shape index (κ2) is 11.4. The van der Waals surface area contributed by atoms with Crippen molar-refractivity contribution in [3.05, 3.63) is 65.7 Å². The third-order valence-electron chi connectivity index (χ3n) is 5.65. The molecule has 1 aliphatic rings. The minimum atomic E-state index is -1.19.